The van der Waals surface area contributed by atoms with E-state index < -0.39 is 0 Å². The van der Waals surface area contributed by atoms with E-state index in [0.717, 1.165) is 18.7 Å². The van der Waals surface area contributed by atoms with E-state index >= 15 is 0 Å². The number of nitrogens with zero attached hydrogens (tertiary/aromatic N) is 4. The van der Waals surface area contributed by atoms with Crippen molar-refractivity contribution < 1.29 is 0 Å². The molecule has 0 saturated heterocycles. The molecule has 2 aromatic rings. The van der Waals surface area contributed by atoms with Gasteiger partial charge in [-0.15, -0.1) is 0 Å². The molecular formula is C11H17N5. The predicted molar refractivity (Wildman–Crippen MR) is 61.7 cm³/mol. The zero-order valence-corrected chi connectivity index (χ0v) is 9.67. The van der Waals surface area contributed by atoms with Crippen LogP contribution >= 0.6 is 0 Å². The number of imidazole rings is 1. The van der Waals surface area contributed by atoms with Crippen LogP contribution in [0, 0.1) is 0 Å². The lowest BCUT2D eigenvalue weighted by Gasteiger charge is -2.10. The fourth-order valence-electron chi connectivity index (χ4n) is 1.78. The molecular weight excluding hydrogens is 202 g/mol. The minimum Gasteiger partial charge on any atom is -0.333 e. The van der Waals surface area contributed by atoms with Crippen LogP contribution in [0.1, 0.15) is 24.4 Å². The summed E-state index contributed by atoms with van der Waals surface area (Å²) in [5, 5.41) is 4.14. The zero-order valence-electron chi connectivity index (χ0n) is 9.67. The molecule has 0 unspecified atom stereocenters. The van der Waals surface area contributed by atoms with Crippen molar-refractivity contribution in [1.29, 1.82) is 0 Å². The lowest BCUT2D eigenvalue weighted by Crippen LogP contribution is -2.13. The number of aryl methyl sites for hydroxylation is 3. The normalized spacial score (nSPS) is 12.9. The topological polar surface area (TPSA) is 61.7 Å². The van der Waals surface area contributed by atoms with E-state index in [2.05, 4.69) is 14.6 Å². The number of nitrogens with two attached hydrogens (primary N) is 1. The van der Waals surface area contributed by atoms with E-state index in [0.29, 0.717) is 0 Å². The molecule has 2 N–H and O–H groups in total. The Bertz CT molecular complexity index is 454. The minimum atomic E-state index is 0.0223. The molecule has 2 aromatic heterocycles. The van der Waals surface area contributed by atoms with E-state index in [-0.39, 0.29) is 6.04 Å². The second-order valence-corrected chi connectivity index (χ2v) is 4.00. The van der Waals surface area contributed by atoms with Crippen LogP contribution in [0.2, 0.25) is 0 Å². The maximum absolute atomic E-state index is 5.86. The summed E-state index contributed by atoms with van der Waals surface area (Å²) < 4.78 is 3.99. The number of hydrogen-bond acceptors (Lipinski definition) is 3. The van der Waals surface area contributed by atoms with Gasteiger partial charge in [0.05, 0.1) is 12.0 Å². The van der Waals surface area contributed by atoms with Crippen molar-refractivity contribution in [2.45, 2.75) is 25.9 Å². The van der Waals surface area contributed by atoms with Crippen molar-refractivity contribution in [2.24, 2.45) is 12.8 Å². The highest BCUT2D eigenvalue weighted by molar-refractivity contribution is 5.05. The maximum atomic E-state index is 5.86. The van der Waals surface area contributed by atoms with Gasteiger partial charge in [-0.1, -0.05) is 0 Å². The first-order valence-electron chi connectivity index (χ1n) is 5.41. The molecule has 0 saturated carbocycles. The third-order valence-corrected chi connectivity index (χ3v) is 2.74. The number of aromatic nitrogens is 4. The summed E-state index contributed by atoms with van der Waals surface area (Å²) in [7, 11) is 1.95. The molecule has 5 nitrogen and oxygen atoms in total. The molecule has 0 bridgehead atoms. The monoisotopic (exact) mass is 219 g/mol. The molecule has 2 heterocycles. The molecule has 0 spiro atoms. The predicted octanol–water partition coefficient (Wildman–Crippen LogP) is 0.879. The third kappa shape index (κ3) is 2.14. The van der Waals surface area contributed by atoms with Gasteiger partial charge in [-0.2, -0.15) is 5.10 Å². The average Bonchev–Trinajstić information content (AvgIpc) is 2.83. The van der Waals surface area contributed by atoms with Gasteiger partial charge in [-0.3, -0.25) is 4.68 Å². The van der Waals surface area contributed by atoms with E-state index in [1.807, 2.05) is 43.4 Å². The van der Waals surface area contributed by atoms with Gasteiger partial charge in [0.2, 0.25) is 0 Å². The first kappa shape index (κ1) is 10.9. The summed E-state index contributed by atoms with van der Waals surface area (Å²) in [5.74, 6) is 0. The van der Waals surface area contributed by atoms with Crippen LogP contribution in [0.5, 0.6) is 0 Å². The molecule has 16 heavy (non-hydrogen) atoms. The van der Waals surface area contributed by atoms with Gasteiger partial charge < -0.3 is 10.3 Å². The quantitative estimate of drug-likeness (QED) is 0.830. The lowest BCUT2D eigenvalue weighted by atomic mass is 10.2. The highest BCUT2D eigenvalue weighted by Crippen LogP contribution is 2.09. The van der Waals surface area contributed by atoms with Crippen molar-refractivity contribution >= 4 is 0 Å². The molecule has 0 aromatic carbocycles. The van der Waals surface area contributed by atoms with Crippen molar-refractivity contribution in [1.82, 2.24) is 19.3 Å². The van der Waals surface area contributed by atoms with Gasteiger partial charge in [-0.25, -0.2) is 4.98 Å². The van der Waals surface area contributed by atoms with Gasteiger partial charge >= 0.3 is 0 Å². The molecule has 0 aliphatic heterocycles. The highest BCUT2D eigenvalue weighted by Gasteiger charge is 2.07. The zero-order chi connectivity index (χ0) is 11.5. The summed E-state index contributed by atoms with van der Waals surface area (Å²) in [4.78, 5) is 4.13. The summed E-state index contributed by atoms with van der Waals surface area (Å²) in [5.41, 5.74) is 8.14. The first-order valence-corrected chi connectivity index (χ1v) is 5.41. The Hall–Kier alpha value is -1.62. The van der Waals surface area contributed by atoms with Crippen LogP contribution in [-0.2, 0) is 20.0 Å². The molecule has 86 valence electrons. The maximum Gasteiger partial charge on any atom is 0.0948 e. The molecule has 2 rings (SSSR count). The summed E-state index contributed by atoms with van der Waals surface area (Å²) in [6.45, 7) is 2.86. The first-order chi connectivity index (χ1) is 7.68. The molecule has 1 atom stereocenters. The van der Waals surface area contributed by atoms with Gasteiger partial charge in [0.25, 0.3) is 0 Å². The Balaban J connectivity index is 2.05. The number of rotatable bonds is 4. The Morgan fingerprint density at radius 1 is 1.50 bits per heavy atom. The molecule has 0 aliphatic rings. The third-order valence-electron chi connectivity index (χ3n) is 2.74. The van der Waals surface area contributed by atoms with E-state index in [9.17, 15) is 0 Å². The SMILES string of the molecule is C[C@H](N)c1cncn1CCc1ccnn1C. The Morgan fingerprint density at radius 2 is 2.31 bits per heavy atom. The number of hydrogen-bond donors (Lipinski definition) is 1. The van der Waals surface area contributed by atoms with Gasteiger partial charge in [-0.05, 0) is 13.0 Å². The second kappa shape index (κ2) is 4.49. The smallest absolute Gasteiger partial charge is 0.0948 e. The molecule has 0 radical (unpaired) electrons. The second-order valence-electron chi connectivity index (χ2n) is 4.00. The largest absolute Gasteiger partial charge is 0.333 e. The van der Waals surface area contributed by atoms with Crippen molar-refractivity contribution in [3.8, 4) is 0 Å². The fourth-order valence-corrected chi connectivity index (χ4v) is 1.78. The van der Waals surface area contributed by atoms with Crippen LogP contribution < -0.4 is 5.73 Å². The Labute approximate surface area is 94.9 Å². The molecule has 0 amide bonds. The summed E-state index contributed by atoms with van der Waals surface area (Å²) in [6, 6.07) is 2.05. The van der Waals surface area contributed by atoms with Crippen molar-refractivity contribution in [3.63, 3.8) is 0 Å². The van der Waals surface area contributed by atoms with E-state index in [4.69, 9.17) is 5.73 Å². The van der Waals surface area contributed by atoms with Crippen molar-refractivity contribution in [2.75, 3.05) is 0 Å². The minimum absolute atomic E-state index is 0.0223. The van der Waals surface area contributed by atoms with Crippen LogP contribution in [0.25, 0.3) is 0 Å². The van der Waals surface area contributed by atoms with Crippen LogP contribution in [0.3, 0.4) is 0 Å². The van der Waals surface area contributed by atoms with Crippen LogP contribution in [0.4, 0.5) is 0 Å². The van der Waals surface area contributed by atoms with Gasteiger partial charge in [0, 0.05) is 44.1 Å². The summed E-state index contributed by atoms with van der Waals surface area (Å²) in [6.07, 6.45) is 6.41. The standard InChI is InChI=1S/C11H17N5/c1-9(12)11-7-13-8-16(11)6-4-10-3-5-14-15(10)2/h3,5,7-9H,4,6,12H2,1-2H3/t9-/m0/s1. The molecule has 5 heteroatoms. The molecule has 0 fully saturated rings. The van der Waals surface area contributed by atoms with Crippen molar-refractivity contribution in [3.05, 3.63) is 36.2 Å². The molecule has 0 aliphatic carbocycles. The average molecular weight is 219 g/mol. The Morgan fingerprint density at radius 3 is 2.94 bits per heavy atom. The van der Waals surface area contributed by atoms with E-state index in [1.165, 1.54) is 5.69 Å². The lowest BCUT2D eigenvalue weighted by molar-refractivity contribution is 0.597. The van der Waals surface area contributed by atoms with Gasteiger partial charge in [0.1, 0.15) is 0 Å². The van der Waals surface area contributed by atoms with E-state index in [1.54, 1.807) is 0 Å². The summed E-state index contributed by atoms with van der Waals surface area (Å²) >= 11 is 0. The highest BCUT2D eigenvalue weighted by atomic mass is 15.3. The Kier molecular flexibility index (Phi) is 3.05. The van der Waals surface area contributed by atoms with Crippen LogP contribution in [0.15, 0.2) is 24.8 Å². The van der Waals surface area contributed by atoms with Gasteiger partial charge in [0.15, 0.2) is 0 Å². The fraction of sp³-hybridized carbons (Fsp3) is 0.455. The van der Waals surface area contributed by atoms with Crippen LogP contribution in [-0.4, -0.2) is 19.3 Å².